The van der Waals surface area contributed by atoms with Gasteiger partial charge in [0.2, 0.25) is 0 Å². The Morgan fingerprint density at radius 3 is 1.92 bits per heavy atom. The third-order valence-electron chi connectivity index (χ3n) is 1.88. The van der Waals surface area contributed by atoms with E-state index >= 15 is 0 Å². The van der Waals surface area contributed by atoms with Gasteiger partial charge in [-0.25, -0.2) is 0 Å². The quantitative estimate of drug-likeness (QED) is 0.610. The molecular formula is C9H13Cl2N. The van der Waals surface area contributed by atoms with Crippen LogP contribution in [-0.4, -0.2) is 4.57 Å². The van der Waals surface area contributed by atoms with Crippen LogP contribution in [0.25, 0.3) is 0 Å². The molecule has 0 saturated heterocycles. The molecule has 0 amide bonds. The van der Waals surface area contributed by atoms with Crippen LogP contribution in [0.1, 0.15) is 26.5 Å². The highest BCUT2D eigenvalue weighted by atomic mass is 35.5. The van der Waals surface area contributed by atoms with Crippen molar-refractivity contribution in [3.63, 3.8) is 0 Å². The summed E-state index contributed by atoms with van der Waals surface area (Å²) in [5.41, 5.74) is 1.24. The van der Waals surface area contributed by atoms with Gasteiger partial charge < -0.3 is 4.57 Å². The van der Waals surface area contributed by atoms with Crippen molar-refractivity contribution >= 4 is 23.2 Å². The van der Waals surface area contributed by atoms with E-state index < -0.39 is 0 Å². The van der Waals surface area contributed by atoms with Crippen LogP contribution in [-0.2, 0) is 12.5 Å². The molecule has 0 bridgehead atoms. The molecule has 0 aliphatic heterocycles. The molecule has 0 radical (unpaired) electrons. The average Bonchev–Trinajstić information content (AvgIpc) is 2.15. The topological polar surface area (TPSA) is 4.93 Å². The van der Waals surface area contributed by atoms with Gasteiger partial charge in [0.1, 0.15) is 5.15 Å². The van der Waals surface area contributed by atoms with E-state index in [1.807, 2.05) is 17.7 Å². The fourth-order valence-electron chi connectivity index (χ4n) is 1.26. The zero-order valence-corrected chi connectivity index (χ0v) is 9.29. The second kappa shape index (κ2) is 2.97. The van der Waals surface area contributed by atoms with Gasteiger partial charge in [0, 0.05) is 18.2 Å². The van der Waals surface area contributed by atoms with E-state index in [1.54, 1.807) is 0 Å². The van der Waals surface area contributed by atoms with Gasteiger partial charge in [0.05, 0.1) is 5.02 Å². The Bertz CT molecular complexity index is 294. The maximum atomic E-state index is 5.94. The Balaban J connectivity index is 3.28. The van der Waals surface area contributed by atoms with Gasteiger partial charge >= 0.3 is 0 Å². The molecule has 0 saturated carbocycles. The molecule has 0 aliphatic carbocycles. The molecule has 3 heteroatoms. The van der Waals surface area contributed by atoms with Crippen LogP contribution < -0.4 is 0 Å². The van der Waals surface area contributed by atoms with Crippen LogP contribution in [0.4, 0.5) is 0 Å². The maximum absolute atomic E-state index is 5.94. The van der Waals surface area contributed by atoms with Crippen molar-refractivity contribution < 1.29 is 0 Å². The second-order valence-corrected chi connectivity index (χ2v) is 4.74. The van der Waals surface area contributed by atoms with Gasteiger partial charge in [-0.3, -0.25) is 0 Å². The summed E-state index contributed by atoms with van der Waals surface area (Å²) in [7, 11) is 1.93. The monoisotopic (exact) mass is 205 g/mol. The molecule has 1 heterocycles. The summed E-state index contributed by atoms with van der Waals surface area (Å²) in [6.07, 6.45) is 0. The lowest BCUT2D eigenvalue weighted by atomic mass is 9.92. The van der Waals surface area contributed by atoms with E-state index in [4.69, 9.17) is 23.2 Å². The predicted molar refractivity (Wildman–Crippen MR) is 54.1 cm³/mol. The van der Waals surface area contributed by atoms with Crippen LogP contribution in [0.5, 0.6) is 0 Å². The lowest BCUT2D eigenvalue weighted by molar-refractivity contribution is 0.543. The van der Waals surface area contributed by atoms with E-state index in [0.717, 1.165) is 5.69 Å². The molecule has 0 spiro atoms. The Labute approximate surface area is 83.3 Å². The highest BCUT2D eigenvalue weighted by Gasteiger charge is 2.20. The number of rotatable bonds is 0. The summed E-state index contributed by atoms with van der Waals surface area (Å²) in [4.78, 5) is 0. The predicted octanol–water partition coefficient (Wildman–Crippen LogP) is 3.63. The molecule has 12 heavy (non-hydrogen) atoms. The first-order valence-electron chi connectivity index (χ1n) is 3.85. The van der Waals surface area contributed by atoms with Crippen molar-refractivity contribution in [2.75, 3.05) is 0 Å². The highest BCUT2D eigenvalue weighted by Crippen LogP contribution is 2.31. The van der Waals surface area contributed by atoms with Crippen LogP contribution in [0.15, 0.2) is 6.07 Å². The molecule has 0 atom stereocenters. The lowest BCUT2D eigenvalue weighted by Crippen LogP contribution is -2.15. The van der Waals surface area contributed by atoms with Crippen molar-refractivity contribution in [2.24, 2.45) is 7.05 Å². The minimum Gasteiger partial charge on any atom is -0.337 e. The first-order valence-corrected chi connectivity index (χ1v) is 4.61. The zero-order valence-electron chi connectivity index (χ0n) is 7.78. The van der Waals surface area contributed by atoms with E-state index in [0.29, 0.717) is 10.2 Å². The molecular weight excluding hydrogens is 193 g/mol. The van der Waals surface area contributed by atoms with E-state index in [1.165, 1.54) is 0 Å². The smallest absolute Gasteiger partial charge is 0.127 e. The first kappa shape index (κ1) is 9.94. The van der Waals surface area contributed by atoms with E-state index in [2.05, 4.69) is 20.8 Å². The Kier molecular flexibility index (Phi) is 2.46. The van der Waals surface area contributed by atoms with Crippen LogP contribution >= 0.6 is 23.2 Å². The van der Waals surface area contributed by atoms with Crippen molar-refractivity contribution in [1.29, 1.82) is 0 Å². The van der Waals surface area contributed by atoms with E-state index in [9.17, 15) is 0 Å². The summed E-state index contributed by atoms with van der Waals surface area (Å²) in [6, 6.07) is 1.92. The summed E-state index contributed by atoms with van der Waals surface area (Å²) in [5, 5.41) is 1.24. The van der Waals surface area contributed by atoms with Crippen LogP contribution in [0.2, 0.25) is 10.2 Å². The Morgan fingerprint density at radius 1 is 1.25 bits per heavy atom. The number of hydrogen-bond donors (Lipinski definition) is 0. The molecule has 1 aromatic rings. The van der Waals surface area contributed by atoms with Crippen molar-refractivity contribution in [1.82, 2.24) is 4.57 Å². The SMILES string of the molecule is Cn1c(C(C)(C)C)cc(Cl)c1Cl. The van der Waals surface area contributed by atoms with Crippen molar-refractivity contribution in [3.05, 3.63) is 21.9 Å². The molecule has 0 aromatic carbocycles. The standard InChI is InChI=1S/C9H13Cl2N/c1-9(2,3)7-5-6(10)8(11)12(7)4/h5H,1-4H3. The minimum atomic E-state index is 0.0888. The van der Waals surface area contributed by atoms with Gasteiger partial charge in [-0.15, -0.1) is 0 Å². The molecule has 0 fully saturated rings. The molecule has 1 nitrogen and oxygen atoms in total. The Morgan fingerprint density at radius 2 is 1.75 bits per heavy atom. The average molecular weight is 206 g/mol. The van der Waals surface area contributed by atoms with Crippen molar-refractivity contribution in [3.8, 4) is 0 Å². The summed E-state index contributed by atoms with van der Waals surface area (Å²) in [6.45, 7) is 6.40. The normalized spacial score (nSPS) is 12.2. The van der Waals surface area contributed by atoms with Gasteiger partial charge in [-0.1, -0.05) is 44.0 Å². The molecule has 0 unspecified atom stereocenters. The summed E-state index contributed by atoms with van der Waals surface area (Å²) in [5.74, 6) is 0. The van der Waals surface area contributed by atoms with Crippen molar-refractivity contribution in [2.45, 2.75) is 26.2 Å². The van der Waals surface area contributed by atoms with Gasteiger partial charge in [0.15, 0.2) is 0 Å². The number of halogens is 2. The van der Waals surface area contributed by atoms with Gasteiger partial charge in [0.25, 0.3) is 0 Å². The van der Waals surface area contributed by atoms with E-state index in [-0.39, 0.29) is 5.41 Å². The number of hydrogen-bond acceptors (Lipinski definition) is 0. The third-order valence-corrected chi connectivity index (χ3v) is 2.73. The number of aromatic nitrogens is 1. The largest absolute Gasteiger partial charge is 0.337 e. The molecule has 1 aromatic heterocycles. The van der Waals surface area contributed by atoms with Gasteiger partial charge in [-0.05, 0) is 6.07 Å². The fraction of sp³-hybridized carbons (Fsp3) is 0.556. The van der Waals surface area contributed by atoms with Gasteiger partial charge in [-0.2, -0.15) is 0 Å². The first-order chi connectivity index (χ1) is 5.34. The lowest BCUT2D eigenvalue weighted by Gasteiger charge is -2.19. The molecule has 68 valence electrons. The molecule has 0 aliphatic rings. The third kappa shape index (κ3) is 1.62. The second-order valence-electron chi connectivity index (χ2n) is 3.98. The summed E-state index contributed by atoms with van der Waals surface area (Å²) < 4.78 is 1.92. The van der Waals surface area contributed by atoms with Crippen LogP contribution in [0.3, 0.4) is 0 Å². The number of nitrogens with zero attached hydrogens (tertiary/aromatic N) is 1. The van der Waals surface area contributed by atoms with Crippen LogP contribution in [0, 0.1) is 0 Å². The summed E-state index contributed by atoms with van der Waals surface area (Å²) >= 11 is 11.8. The Hall–Kier alpha value is -0.140. The minimum absolute atomic E-state index is 0.0888. The zero-order chi connectivity index (χ0) is 9.52. The molecule has 1 rings (SSSR count). The fourth-order valence-corrected chi connectivity index (χ4v) is 1.64. The maximum Gasteiger partial charge on any atom is 0.127 e. The highest BCUT2D eigenvalue weighted by molar-refractivity contribution is 6.41. The molecule has 0 N–H and O–H groups in total.